The van der Waals surface area contributed by atoms with Crippen LogP contribution in [-0.4, -0.2) is 29.3 Å². The largest absolute Gasteiger partial charge is 0.491 e. The highest BCUT2D eigenvalue weighted by atomic mass is 79.9. The van der Waals surface area contributed by atoms with E-state index >= 15 is 0 Å². The number of nitrogens with zero attached hydrogens (tertiary/aromatic N) is 1. The molecule has 1 atom stereocenters. The van der Waals surface area contributed by atoms with Crippen LogP contribution in [0.1, 0.15) is 11.1 Å². The summed E-state index contributed by atoms with van der Waals surface area (Å²) in [6.07, 6.45) is -0.568. The lowest BCUT2D eigenvalue weighted by Gasteiger charge is -2.25. The first kappa shape index (κ1) is 19.6. The van der Waals surface area contributed by atoms with Crippen molar-refractivity contribution in [2.24, 2.45) is 0 Å². The zero-order chi connectivity index (χ0) is 18.9. The summed E-state index contributed by atoms with van der Waals surface area (Å²) in [6.45, 7) is 2.37. The lowest BCUT2D eigenvalue weighted by molar-refractivity contribution is 0.0628. The SMILES string of the molecule is O[C@H](COc1ccc(Br)cc1)CN(Cc1ccccc1)Cc1ccccc1. The van der Waals surface area contributed by atoms with E-state index in [0.29, 0.717) is 6.54 Å². The third kappa shape index (κ3) is 6.83. The number of ether oxygens (including phenoxy) is 1. The molecular formula is C23H24BrNO2. The minimum absolute atomic E-state index is 0.266. The molecule has 0 heterocycles. The van der Waals surface area contributed by atoms with Crippen molar-refractivity contribution in [1.82, 2.24) is 4.90 Å². The molecule has 3 nitrogen and oxygen atoms in total. The van der Waals surface area contributed by atoms with E-state index in [1.165, 1.54) is 11.1 Å². The summed E-state index contributed by atoms with van der Waals surface area (Å²) in [5.74, 6) is 0.759. The minimum atomic E-state index is -0.568. The predicted molar refractivity (Wildman–Crippen MR) is 113 cm³/mol. The molecule has 0 unspecified atom stereocenters. The topological polar surface area (TPSA) is 32.7 Å². The van der Waals surface area contributed by atoms with Gasteiger partial charge in [0.2, 0.25) is 0 Å². The molecule has 0 aliphatic heterocycles. The third-order valence-electron chi connectivity index (χ3n) is 4.22. The van der Waals surface area contributed by atoms with Crippen molar-refractivity contribution in [3.05, 3.63) is 101 Å². The molecule has 0 bridgehead atoms. The summed E-state index contributed by atoms with van der Waals surface area (Å²) in [5, 5.41) is 10.5. The first-order valence-electron chi connectivity index (χ1n) is 9.06. The van der Waals surface area contributed by atoms with Gasteiger partial charge in [-0.05, 0) is 35.4 Å². The van der Waals surface area contributed by atoms with E-state index in [2.05, 4.69) is 45.1 Å². The fraction of sp³-hybridized carbons (Fsp3) is 0.217. The second-order valence-electron chi connectivity index (χ2n) is 6.56. The molecule has 3 aromatic carbocycles. The molecule has 3 rings (SSSR count). The molecule has 3 aromatic rings. The van der Waals surface area contributed by atoms with Crippen molar-refractivity contribution in [3.8, 4) is 5.75 Å². The monoisotopic (exact) mass is 425 g/mol. The summed E-state index contributed by atoms with van der Waals surface area (Å²) in [4.78, 5) is 2.25. The van der Waals surface area contributed by atoms with Crippen molar-refractivity contribution in [3.63, 3.8) is 0 Å². The van der Waals surface area contributed by atoms with Crippen LogP contribution in [0.5, 0.6) is 5.75 Å². The molecule has 0 aromatic heterocycles. The van der Waals surface area contributed by atoms with Gasteiger partial charge in [0.05, 0.1) is 0 Å². The van der Waals surface area contributed by atoms with Crippen molar-refractivity contribution >= 4 is 15.9 Å². The maximum atomic E-state index is 10.5. The lowest BCUT2D eigenvalue weighted by atomic mass is 10.1. The van der Waals surface area contributed by atoms with E-state index in [1.807, 2.05) is 60.7 Å². The number of benzene rings is 3. The van der Waals surface area contributed by atoms with E-state index in [9.17, 15) is 5.11 Å². The summed E-state index contributed by atoms with van der Waals surface area (Å²) in [6, 6.07) is 28.3. The molecular weight excluding hydrogens is 402 g/mol. The van der Waals surface area contributed by atoms with E-state index < -0.39 is 6.10 Å². The van der Waals surface area contributed by atoms with Gasteiger partial charge in [0.15, 0.2) is 0 Å². The van der Waals surface area contributed by atoms with Crippen LogP contribution in [-0.2, 0) is 13.1 Å². The molecule has 140 valence electrons. The number of aliphatic hydroxyl groups is 1. The fourth-order valence-electron chi connectivity index (χ4n) is 2.94. The minimum Gasteiger partial charge on any atom is -0.491 e. The van der Waals surface area contributed by atoms with E-state index in [0.717, 1.165) is 23.3 Å². The van der Waals surface area contributed by atoms with Crippen molar-refractivity contribution in [1.29, 1.82) is 0 Å². The van der Waals surface area contributed by atoms with E-state index in [-0.39, 0.29) is 6.61 Å². The molecule has 0 radical (unpaired) electrons. The molecule has 0 saturated heterocycles. The van der Waals surface area contributed by atoms with Crippen molar-refractivity contribution < 1.29 is 9.84 Å². The van der Waals surface area contributed by atoms with Gasteiger partial charge in [-0.15, -0.1) is 0 Å². The van der Waals surface area contributed by atoms with E-state index in [4.69, 9.17) is 4.74 Å². The van der Waals surface area contributed by atoms with Crippen LogP contribution in [0.2, 0.25) is 0 Å². The maximum Gasteiger partial charge on any atom is 0.119 e. The molecule has 0 fully saturated rings. The van der Waals surface area contributed by atoms with Crippen LogP contribution >= 0.6 is 15.9 Å². The van der Waals surface area contributed by atoms with Gasteiger partial charge in [-0.25, -0.2) is 0 Å². The Morgan fingerprint density at radius 1 is 0.778 bits per heavy atom. The van der Waals surface area contributed by atoms with Crippen LogP contribution < -0.4 is 4.74 Å². The van der Waals surface area contributed by atoms with Crippen LogP contribution in [0.15, 0.2) is 89.4 Å². The standard InChI is InChI=1S/C23H24BrNO2/c24-21-11-13-23(14-12-21)27-18-22(26)17-25(15-19-7-3-1-4-8-19)16-20-9-5-2-6-10-20/h1-14,22,26H,15-18H2/t22-/m0/s1. The van der Waals surface area contributed by atoms with Gasteiger partial charge in [-0.2, -0.15) is 0 Å². The molecule has 0 spiro atoms. The molecule has 1 N–H and O–H groups in total. The van der Waals surface area contributed by atoms with Gasteiger partial charge in [0.1, 0.15) is 18.5 Å². The van der Waals surface area contributed by atoms with E-state index in [1.54, 1.807) is 0 Å². The molecule has 0 aliphatic carbocycles. The first-order chi connectivity index (χ1) is 13.2. The maximum absolute atomic E-state index is 10.5. The highest BCUT2D eigenvalue weighted by Gasteiger charge is 2.14. The summed E-state index contributed by atoms with van der Waals surface area (Å²) in [5.41, 5.74) is 2.46. The highest BCUT2D eigenvalue weighted by Crippen LogP contribution is 2.17. The van der Waals surface area contributed by atoms with Gasteiger partial charge in [0, 0.05) is 24.1 Å². The van der Waals surface area contributed by atoms with Gasteiger partial charge in [-0.3, -0.25) is 4.90 Å². The Hall–Kier alpha value is -2.14. The normalized spacial score (nSPS) is 12.1. The highest BCUT2D eigenvalue weighted by molar-refractivity contribution is 9.10. The third-order valence-corrected chi connectivity index (χ3v) is 4.75. The Balaban J connectivity index is 1.59. The average molecular weight is 426 g/mol. The quantitative estimate of drug-likeness (QED) is 0.529. The van der Waals surface area contributed by atoms with Gasteiger partial charge in [0.25, 0.3) is 0 Å². The summed E-state index contributed by atoms with van der Waals surface area (Å²) < 4.78 is 6.73. The van der Waals surface area contributed by atoms with Gasteiger partial charge < -0.3 is 9.84 Å². The predicted octanol–water partition coefficient (Wildman–Crippen LogP) is 4.89. The Morgan fingerprint density at radius 2 is 1.30 bits per heavy atom. The van der Waals surface area contributed by atoms with Crippen LogP contribution in [0.4, 0.5) is 0 Å². The number of rotatable bonds is 9. The van der Waals surface area contributed by atoms with Gasteiger partial charge in [-0.1, -0.05) is 76.6 Å². The summed E-state index contributed by atoms with van der Waals surface area (Å²) >= 11 is 3.41. The zero-order valence-electron chi connectivity index (χ0n) is 15.2. The van der Waals surface area contributed by atoms with Crippen molar-refractivity contribution in [2.75, 3.05) is 13.2 Å². The number of hydrogen-bond donors (Lipinski definition) is 1. The number of halogens is 1. The molecule has 0 amide bonds. The molecule has 0 saturated carbocycles. The Bertz CT molecular complexity index is 752. The molecule has 4 heteroatoms. The van der Waals surface area contributed by atoms with Crippen LogP contribution in [0.3, 0.4) is 0 Å². The van der Waals surface area contributed by atoms with Crippen molar-refractivity contribution in [2.45, 2.75) is 19.2 Å². The molecule has 27 heavy (non-hydrogen) atoms. The van der Waals surface area contributed by atoms with Gasteiger partial charge >= 0.3 is 0 Å². The second-order valence-corrected chi connectivity index (χ2v) is 7.48. The first-order valence-corrected chi connectivity index (χ1v) is 9.85. The zero-order valence-corrected chi connectivity index (χ0v) is 16.8. The fourth-order valence-corrected chi connectivity index (χ4v) is 3.21. The summed E-state index contributed by atoms with van der Waals surface area (Å²) in [7, 11) is 0. The number of hydrogen-bond acceptors (Lipinski definition) is 3. The Labute approximate surface area is 169 Å². The smallest absolute Gasteiger partial charge is 0.119 e. The van der Waals surface area contributed by atoms with Crippen LogP contribution in [0.25, 0.3) is 0 Å². The lowest BCUT2D eigenvalue weighted by Crippen LogP contribution is -2.35. The Kier molecular flexibility index (Phi) is 7.45. The number of aliphatic hydroxyl groups excluding tert-OH is 1. The average Bonchev–Trinajstić information content (AvgIpc) is 2.69. The van der Waals surface area contributed by atoms with Crippen LogP contribution in [0, 0.1) is 0 Å². The Morgan fingerprint density at radius 3 is 1.81 bits per heavy atom. The molecule has 0 aliphatic rings. The second kappa shape index (κ2) is 10.3.